The molecular weight excluding hydrogens is 310 g/mol. The molecule has 0 aliphatic carbocycles. The summed E-state index contributed by atoms with van der Waals surface area (Å²) in [4.78, 5) is 12.0. The Labute approximate surface area is 148 Å². The van der Waals surface area contributed by atoms with Crippen LogP contribution in [0.1, 0.15) is 12.8 Å². The van der Waals surface area contributed by atoms with E-state index in [1.54, 1.807) is 0 Å². The van der Waals surface area contributed by atoms with Crippen LogP contribution in [0.2, 0.25) is 0 Å². The van der Waals surface area contributed by atoms with Crippen molar-refractivity contribution in [3.63, 3.8) is 0 Å². The van der Waals surface area contributed by atoms with Crippen LogP contribution >= 0.6 is 0 Å². The number of nitrogens with one attached hydrogen (secondary N) is 1. The molecule has 0 aromatic heterocycles. The molecule has 0 aliphatic heterocycles. The highest BCUT2D eigenvalue weighted by molar-refractivity contribution is 5.90. The molecule has 3 aromatic carbocycles. The first-order chi connectivity index (χ1) is 12.3. The van der Waals surface area contributed by atoms with E-state index >= 15 is 0 Å². The van der Waals surface area contributed by atoms with Crippen LogP contribution in [-0.4, -0.2) is 12.5 Å². The molecule has 0 unspecified atom stereocenters. The second kappa shape index (κ2) is 8.69. The van der Waals surface area contributed by atoms with Crippen LogP contribution in [0.25, 0.3) is 11.1 Å². The molecule has 3 nitrogen and oxygen atoms in total. The number of carbonyl (C=O) groups excluding carboxylic acids is 1. The average molecular weight is 331 g/mol. The standard InChI is InChI=1S/C22H21NO2/c24-22(12-7-17-25-21-10-5-2-6-11-21)23-20-15-13-19(14-16-20)18-8-3-1-4-9-18/h1-6,8-11,13-16H,7,12,17H2,(H,23,24). The van der Waals surface area contributed by atoms with E-state index in [1.165, 1.54) is 5.56 Å². The third-order valence-corrected chi connectivity index (χ3v) is 3.84. The summed E-state index contributed by atoms with van der Waals surface area (Å²) in [7, 11) is 0. The third-order valence-electron chi connectivity index (χ3n) is 3.84. The molecule has 25 heavy (non-hydrogen) atoms. The van der Waals surface area contributed by atoms with Gasteiger partial charge in [0.15, 0.2) is 0 Å². The van der Waals surface area contributed by atoms with Crippen molar-refractivity contribution in [1.82, 2.24) is 0 Å². The number of rotatable bonds is 7. The van der Waals surface area contributed by atoms with Crippen molar-refractivity contribution >= 4 is 11.6 Å². The zero-order chi connectivity index (χ0) is 17.3. The molecule has 0 bridgehead atoms. The van der Waals surface area contributed by atoms with Crippen LogP contribution < -0.4 is 10.1 Å². The normalized spacial score (nSPS) is 10.2. The largest absolute Gasteiger partial charge is 0.494 e. The zero-order valence-corrected chi connectivity index (χ0v) is 14.0. The Kier molecular flexibility index (Phi) is 5.83. The maximum absolute atomic E-state index is 12.0. The number of hydrogen-bond donors (Lipinski definition) is 1. The van der Waals surface area contributed by atoms with Crippen LogP contribution in [-0.2, 0) is 4.79 Å². The Morgan fingerprint density at radius 3 is 2.04 bits per heavy atom. The molecule has 0 aliphatic rings. The van der Waals surface area contributed by atoms with Gasteiger partial charge in [-0.2, -0.15) is 0 Å². The monoisotopic (exact) mass is 331 g/mol. The lowest BCUT2D eigenvalue weighted by molar-refractivity contribution is -0.116. The van der Waals surface area contributed by atoms with Gasteiger partial charge in [0, 0.05) is 12.1 Å². The highest BCUT2D eigenvalue weighted by Gasteiger charge is 2.03. The second-order valence-corrected chi connectivity index (χ2v) is 5.76. The first-order valence-corrected chi connectivity index (χ1v) is 8.44. The van der Waals surface area contributed by atoms with Crippen LogP contribution in [0.3, 0.4) is 0 Å². The molecule has 3 aromatic rings. The minimum atomic E-state index is 0.00382. The molecule has 0 atom stereocenters. The maximum atomic E-state index is 12.0. The van der Waals surface area contributed by atoms with Gasteiger partial charge in [-0.05, 0) is 41.8 Å². The van der Waals surface area contributed by atoms with Gasteiger partial charge in [-0.25, -0.2) is 0 Å². The Balaban J connectivity index is 1.43. The number of ether oxygens (including phenoxy) is 1. The van der Waals surface area contributed by atoms with Gasteiger partial charge in [0.25, 0.3) is 0 Å². The van der Waals surface area contributed by atoms with E-state index in [0.717, 1.165) is 17.0 Å². The first-order valence-electron chi connectivity index (χ1n) is 8.44. The van der Waals surface area contributed by atoms with Crippen molar-refractivity contribution < 1.29 is 9.53 Å². The summed E-state index contributed by atoms with van der Waals surface area (Å²) in [6.45, 7) is 0.532. The molecule has 0 saturated heterocycles. The first kappa shape index (κ1) is 16.8. The van der Waals surface area contributed by atoms with Crippen LogP contribution in [0, 0.1) is 0 Å². The number of anilines is 1. The summed E-state index contributed by atoms with van der Waals surface area (Å²) >= 11 is 0. The minimum absolute atomic E-state index is 0.00382. The zero-order valence-electron chi connectivity index (χ0n) is 14.0. The fourth-order valence-corrected chi connectivity index (χ4v) is 2.54. The van der Waals surface area contributed by atoms with E-state index in [2.05, 4.69) is 17.4 Å². The Morgan fingerprint density at radius 1 is 0.760 bits per heavy atom. The average Bonchev–Trinajstić information content (AvgIpc) is 2.67. The number of carbonyl (C=O) groups is 1. The summed E-state index contributed by atoms with van der Waals surface area (Å²) in [6, 6.07) is 27.7. The molecule has 1 amide bonds. The molecule has 0 saturated carbocycles. The molecule has 1 N–H and O–H groups in total. The van der Waals surface area contributed by atoms with Gasteiger partial charge < -0.3 is 10.1 Å². The molecule has 0 fully saturated rings. The summed E-state index contributed by atoms with van der Waals surface area (Å²) in [6.07, 6.45) is 1.12. The summed E-state index contributed by atoms with van der Waals surface area (Å²) in [5, 5.41) is 2.92. The van der Waals surface area contributed by atoms with Gasteiger partial charge in [0.05, 0.1) is 6.61 Å². The number of hydrogen-bond acceptors (Lipinski definition) is 2. The van der Waals surface area contributed by atoms with Crippen LogP contribution in [0.15, 0.2) is 84.9 Å². The van der Waals surface area contributed by atoms with Gasteiger partial charge in [-0.1, -0.05) is 60.7 Å². The molecule has 3 rings (SSSR count). The molecule has 0 radical (unpaired) electrons. The molecule has 3 heteroatoms. The van der Waals surface area contributed by atoms with Crippen molar-refractivity contribution in [1.29, 1.82) is 0 Å². The van der Waals surface area contributed by atoms with E-state index in [1.807, 2.05) is 72.8 Å². The van der Waals surface area contributed by atoms with Gasteiger partial charge >= 0.3 is 0 Å². The van der Waals surface area contributed by atoms with Crippen LogP contribution in [0.4, 0.5) is 5.69 Å². The van der Waals surface area contributed by atoms with Crippen molar-refractivity contribution in [2.75, 3.05) is 11.9 Å². The molecule has 126 valence electrons. The van der Waals surface area contributed by atoms with E-state index in [0.29, 0.717) is 19.4 Å². The van der Waals surface area contributed by atoms with E-state index in [9.17, 15) is 4.79 Å². The van der Waals surface area contributed by atoms with E-state index in [-0.39, 0.29) is 5.91 Å². The van der Waals surface area contributed by atoms with Crippen molar-refractivity contribution in [3.05, 3.63) is 84.9 Å². The lowest BCUT2D eigenvalue weighted by Gasteiger charge is -2.08. The van der Waals surface area contributed by atoms with E-state index < -0.39 is 0 Å². The predicted molar refractivity (Wildman–Crippen MR) is 102 cm³/mol. The second-order valence-electron chi connectivity index (χ2n) is 5.76. The lowest BCUT2D eigenvalue weighted by atomic mass is 10.1. The summed E-state index contributed by atoms with van der Waals surface area (Å²) < 4.78 is 5.59. The summed E-state index contributed by atoms with van der Waals surface area (Å²) in [5.74, 6) is 0.837. The fourth-order valence-electron chi connectivity index (χ4n) is 2.54. The Morgan fingerprint density at radius 2 is 1.36 bits per heavy atom. The summed E-state index contributed by atoms with van der Waals surface area (Å²) in [5.41, 5.74) is 3.11. The maximum Gasteiger partial charge on any atom is 0.224 e. The Hall–Kier alpha value is -3.07. The third kappa shape index (κ3) is 5.21. The van der Waals surface area contributed by atoms with Crippen LogP contribution in [0.5, 0.6) is 5.75 Å². The van der Waals surface area contributed by atoms with Crippen molar-refractivity contribution in [3.8, 4) is 16.9 Å². The quantitative estimate of drug-likeness (QED) is 0.608. The number of benzene rings is 3. The predicted octanol–water partition coefficient (Wildman–Crippen LogP) is 5.15. The van der Waals surface area contributed by atoms with Gasteiger partial charge in [-0.3, -0.25) is 4.79 Å². The fraction of sp³-hybridized carbons (Fsp3) is 0.136. The van der Waals surface area contributed by atoms with Gasteiger partial charge in [0.1, 0.15) is 5.75 Å². The smallest absolute Gasteiger partial charge is 0.224 e. The highest BCUT2D eigenvalue weighted by atomic mass is 16.5. The minimum Gasteiger partial charge on any atom is -0.494 e. The number of amides is 1. The number of para-hydroxylation sites is 1. The van der Waals surface area contributed by atoms with Gasteiger partial charge in [-0.15, -0.1) is 0 Å². The molecular formula is C22H21NO2. The van der Waals surface area contributed by atoms with Gasteiger partial charge in [0.2, 0.25) is 5.91 Å². The Bertz CT molecular complexity index is 783. The van der Waals surface area contributed by atoms with Crippen molar-refractivity contribution in [2.24, 2.45) is 0 Å². The topological polar surface area (TPSA) is 38.3 Å². The van der Waals surface area contributed by atoms with E-state index in [4.69, 9.17) is 4.74 Å². The van der Waals surface area contributed by atoms with Crippen molar-refractivity contribution in [2.45, 2.75) is 12.8 Å². The highest BCUT2D eigenvalue weighted by Crippen LogP contribution is 2.21. The SMILES string of the molecule is O=C(CCCOc1ccccc1)Nc1ccc(-c2ccccc2)cc1. The molecule has 0 spiro atoms. The molecule has 0 heterocycles. The lowest BCUT2D eigenvalue weighted by Crippen LogP contribution is -2.12.